The van der Waals surface area contributed by atoms with Crippen LogP contribution in [0.3, 0.4) is 0 Å². The Morgan fingerprint density at radius 1 is 1.15 bits per heavy atom. The number of halogens is 1. The number of carbonyl (C=O) groups excluding carboxylic acids is 1. The molecule has 0 fully saturated rings. The molecular formula is C19H16FN3O3. The summed E-state index contributed by atoms with van der Waals surface area (Å²) in [6, 6.07) is 15.6. The number of anilines is 1. The van der Waals surface area contributed by atoms with E-state index < -0.39 is 17.3 Å². The van der Waals surface area contributed by atoms with E-state index in [4.69, 9.17) is 4.74 Å². The number of benzene rings is 2. The van der Waals surface area contributed by atoms with Crippen LogP contribution < -0.4 is 15.6 Å². The number of hydrogen-bond acceptors (Lipinski definition) is 4. The molecule has 2 aromatic carbocycles. The van der Waals surface area contributed by atoms with E-state index in [-0.39, 0.29) is 17.8 Å². The Morgan fingerprint density at radius 3 is 2.73 bits per heavy atom. The molecule has 1 N–H and O–H groups in total. The molecule has 0 aliphatic heterocycles. The highest BCUT2D eigenvalue weighted by Crippen LogP contribution is 2.19. The SMILES string of the molecule is COc1cccc(NC(=O)Cn2nc(-c3ccccc3F)ccc2=O)c1. The van der Waals surface area contributed by atoms with E-state index in [0.717, 1.165) is 4.68 Å². The first kappa shape index (κ1) is 17.3. The zero-order valence-electron chi connectivity index (χ0n) is 14.0. The van der Waals surface area contributed by atoms with Gasteiger partial charge in [-0.25, -0.2) is 9.07 Å². The van der Waals surface area contributed by atoms with Crippen LogP contribution in [-0.2, 0) is 11.3 Å². The maximum atomic E-state index is 13.9. The Bertz CT molecular complexity index is 1000. The lowest BCUT2D eigenvalue weighted by molar-refractivity contribution is -0.117. The van der Waals surface area contributed by atoms with Gasteiger partial charge in [0.05, 0.1) is 12.8 Å². The molecule has 0 radical (unpaired) electrons. The van der Waals surface area contributed by atoms with Gasteiger partial charge in [-0.1, -0.05) is 18.2 Å². The summed E-state index contributed by atoms with van der Waals surface area (Å²) >= 11 is 0. The number of methoxy groups -OCH3 is 1. The largest absolute Gasteiger partial charge is 0.497 e. The number of nitrogens with zero attached hydrogens (tertiary/aromatic N) is 2. The van der Waals surface area contributed by atoms with Crippen molar-refractivity contribution < 1.29 is 13.9 Å². The van der Waals surface area contributed by atoms with Crippen molar-refractivity contribution >= 4 is 11.6 Å². The second kappa shape index (κ2) is 7.60. The van der Waals surface area contributed by atoms with Crippen LogP contribution in [0, 0.1) is 5.82 Å². The molecule has 3 rings (SSSR count). The number of nitrogens with one attached hydrogen (secondary N) is 1. The van der Waals surface area contributed by atoms with Crippen LogP contribution in [0.4, 0.5) is 10.1 Å². The maximum Gasteiger partial charge on any atom is 0.267 e. The number of ether oxygens (including phenoxy) is 1. The summed E-state index contributed by atoms with van der Waals surface area (Å²) in [5.74, 6) is -0.288. The van der Waals surface area contributed by atoms with E-state index in [1.54, 1.807) is 42.5 Å². The van der Waals surface area contributed by atoms with Crippen LogP contribution in [0.25, 0.3) is 11.3 Å². The quantitative estimate of drug-likeness (QED) is 0.765. The number of amides is 1. The Hall–Kier alpha value is -3.48. The lowest BCUT2D eigenvalue weighted by atomic mass is 10.1. The van der Waals surface area contributed by atoms with Crippen molar-refractivity contribution in [1.29, 1.82) is 0 Å². The van der Waals surface area contributed by atoms with Gasteiger partial charge < -0.3 is 10.1 Å². The summed E-state index contributed by atoms with van der Waals surface area (Å²) in [6.45, 7) is -0.293. The van der Waals surface area contributed by atoms with Crippen molar-refractivity contribution in [2.24, 2.45) is 0 Å². The number of carbonyl (C=O) groups is 1. The first-order valence-electron chi connectivity index (χ1n) is 7.84. The zero-order valence-corrected chi connectivity index (χ0v) is 14.0. The summed E-state index contributed by atoms with van der Waals surface area (Å²) < 4.78 is 20.0. The summed E-state index contributed by atoms with van der Waals surface area (Å²) in [7, 11) is 1.53. The fraction of sp³-hybridized carbons (Fsp3) is 0.105. The molecule has 0 saturated carbocycles. The Balaban J connectivity index is 1.81. The molecule has 0 aliphatic carbocycles. The normalized spacial score (nSPS) is 10.4. The van der Waals surface area contributed by atoms with Crippen molar-refractivity contribution in [3.8, 4) is 17.0 Å². The van der Waals surface area contributed by atoms with Crippen molar-refractivity contribution in [1.82, 2.24) is 9.78 Å². The van der Waals surface area contributed by atoms with Gasteiger partial charge in [-0.3, -0.25) is 9.59 Å². The highest BCUT2D eigenvalue weighted by atomic mass is 19.1. The molecule has 0 atom stereocenters. The average molecular weight is 353 g/mol. The maximum absolute atomic E-state index is 13.9. The molecule has 1 aromatic heterocycles. The molecule has 0 spiro atoms. The van der Waals surface area contributed by atoms with Gasteiger partial charge in [-0.2, -0.15) is 5.10 Å². The van der Waals surface area contributed by atoms with Gasteiger partial charge in [0.1, 0.15) is 18.1 Å². The number of aromatic nitrogens is 2. The molecule has 7 heteroatoms. The highest BCUT2D eigenvalue weighted by Gasteiger charge is 2.11. The topological polar surface area (TPSA) is 73.2 Å². The Kier molecular flexibility index (Phi) is 5.07. The molecule has 0 aliphatic rings. The Labute approximate surface area is 148 Å². The fourth-order valence-electron chi connectivity index (χ4n) is 2.41. The van der Waals surface area contributed by atoms with Crippen LogP contribution in [0.2, 0.25) is 0 Å². The second-order valence-corrected chi connectivity index (χ2v) is 5.47. The van der Waals surface area contributed by atoms with Gasteiger partial charge in [0.15, 0.2) is 0 Å². The molecule has 3 aromatic rings. The first-order chi connectivity index (χ1) is 12.6. The molecule has 0 unspecified atom stereocenters. The lowest BCUT2D eigenvalue weighted by Crippen LogP contribution is -2.29. The smallest absolute Gasteiger partial charge is 0.267 e. The van der Waals surface area contributed by atoms with Crippen LogP contribution in [0.15, 0.2) is 65.5 Å². The molecule has 26 heavy (non-hydrogen) atoms. The minimum absolute atomic E-state index is 0.259. The van der Waals surface area contributed by atoms with Crippen LogP contribution in [0.5, 0.6) is 5.75 Å². The zero-order chi connectivity index (χ0) is 18.5. The van der Waals surface area contributed by atoms with Gasteiger partial charge in [0.25, 0.3) is 5.56 Å². The van der Waals surface area contributed by atoms with Gasteiger partial charge in [0.2, 0.25) is 5.91 Å². The number of rotatable bonds is 5. The van der Waals surface area contributed by atoms with Gasteiger partial charge in [-0.15, -0.1) is 0 Å². The summed E-state index contributed by atoms with van der Waals surface area (Å²) in [6.07, 6.45) is 0. The summed E-state index contributed by atoms with van der Waals surface area (Å²) in [5, 5.41) is 6.77. The molecule has 1 amide bonds. The third-order valence-corrected chi connectivity index (χ3v) is 3.66. The van der Waals surface area contributed by atoms with Crippen molar-refractivity contribution in [2.75, 3.05) is 12.4 Å². The van der Waals surface area contributed by atoms with Crippen molar-refractivity contribution in [3.05, 3.63) is 76.8 Å². The minimum atomic E-state index is -0.453. The number of hydrogen-bond donors (Lipinski definition) is 1. The Morgan fingerprint density at radius 2 is 1.96 bits per heavy atom. The van der Waals surface area contributed by atoms with E-state index >= 15 is 0 Å². The van der Waals surface area contributed by atoms with Crippen molar-refractivity contribution in [3.63, 3.8) is 0 Å². The standard InChI is InChI=1S/C19H16FN3O3/c1-26-14-6-4-5-13(11-14)21-18(24)12-23-19(25)10-9-17(22-23)15-7-2-3-8-16(15)20/h2-11H,12H2,1H3,(H,21,24). The molecule has 1 heterocycles. The fourth-order valence-corrected chi connectivity index (χ4v) is 2.41. The van der Waals surface area contributed by atoms with E-state index in [1.165, 1.54) is 25.3 Å². The second-order valence-electron chi connectivity index (χ2n) is 5.47. The van der Waals surface area contributed by atoms with Gasteiger partial charge in [0, 0.05) is 23.4 Å². The van der Waals surface area contributed by atoms with Crippen molar-refractivity contribution in [2.45, 2.75) is 6.54 Å². The van der Waals surface area contributed by atoms with Crippen LogP contribution in [-0.4, -0.2) is 22.8 Å². The first-order valence-corrected chi connectivity index (χ1v) is 7.84. The van der Waals surface area contributed by atoms with Gasteiger partial charge in [-0.05, 0) is 30.3 Å². The predicted molar refractivity (Wildman–Crippen MR) is 95.5 cm³/mol. The molecule has 0 saturated heterocycles. The summed E-state index contributed by atoms with van der Waals surface area (Å²) in [4.78, 5) is 24.2. The van der Waals surface area contributed by atoms with E-state index in [9.17, 15) is 14.0 Å². The third kappa shape index (κ3) is 3.94. The van der Waals surface area contributed by atoms with E-state index in [1.807, 2.05) is 0 Å². The predicted octanol–water partition coefficient (Wildman–Crippen LogP) is 2.70. The van der Waals surface area contributed by atoms with Crippen LogP contribution in [0.1, 0.15) is 0 Å². The molecule has 6 nitrogen and oxygen atoms in total. The van der Waals surface area contributed by atoms with E-state index in [0.29, 0.717) is 11.4 Å². The third-order valence-electron chi connectivity index (χ3n) is 3.66. The lowest BCUT2D eigenvalue weighted by Gasteiger charge is -2.09. The minimum Gasteiger partial charge on any atom is -0.497 e. The summed E-state index contributed by atoms with van der Waals surface area (Å²) in [5.41, 5.74) is 0.616. The highest BCUT2D eigenvalue weighted by molar-refractivity contribution is 5.90. The molecule has 0 bridgehead atoms. The van der Waals surface area contributed by atoms with Gasteiger partial charge >= 0.3 is 0 Å². The molecule has 132 valence electrons. The average Bonchev–Trinajstić information content (AvgIpc) is 2.64. The van der Waals surface area contributed by atoms with E-state index in [2.05, 4.69) is 10.4 Å². The monoisotopic (exact) mass is 353 g/mol. The molecular weight excluding hydrogens is 337 g/mol. The van der Waals surface area contributed by atoms with Crippen LogP contribution >= 0.6 is 0 Å².